The maximum absolute atomic E-state index is 3.28. The third-order valence-corrected chi connectivity index (χ3v) is 1.78. The van der Waals surface area contributed by atoms with Crippen molar-refractivity contribution in [1.82, 2.24) is 0 Å². The van der Waals surface area contributed by atoms with Gasteiger partial charge in [0, 0.05) is 25.8 Å². The molecule has 2 rings (SSSR count). The zero-order valence-corrected chi connectivity index (χ0v) is 12.6. The second-order valence-electron chi connectivity index (χ2n) is 2.56. The fourth-order valence-corrected chi connectivity index (χ4v) is 1.22. The maximum Gasteiger partial charge on any atom is 0 e. The first-order chi connectivity index (χ1) is 5.47. The molecule has 0 aromatic heterocycles. The van der Waals surface area contributed by atoms with E-state index in [1.54, 1.807) is 0 Å². The van der Waals surface area contributed by atoms with Gasteiger partial charge in [-0.3, -0.25) is 0 Å². The van der Waals surface area contributed by atoms with Crippen molar-refractivity contribution in [1.29, 1.82) is 0 Å². The summed E-state index contributed by atoms with van der Waals surface area (Å²) in [4.78, 5) is 0. The van der Waals surface area contributed by atoms with Gasteiger partial charge in [-0.25, -0.2) is 0 Å². The Balaban J connectivity index is 0. The average molecular weight is 391 g/mol. The van der Waals surface area contributed by atoms with Gasteiger partial charge in [0.25, 0.3) is 0 Å². The average Bonchev–Trinajstić information content (AvgIpc) is 2.58. The molecule has 0 atom stereocenters. The molecule has 0 nitrogen and oxygen atoms in total. The van der Waals surface area contributed by atoms with Crippen molar-refractivity contribution in [2.24, 2.45) is 0 Å². The number of benzene rings is 1. The Morgan fingerprint density at radius 3 is 2.14 bits per heavy atom. The number of allylic oxidation sites excluding steroid dienone is 4. The van der Waals surface area contributed by atoms with Crippen LogP contribution in [-0.2, 0) is 25.8 Å². The van der Waals surface area contributed by atoms with Crippen LogP contribution in [0.15, 0.2) is 42.5 Å². The molecule has 0 saturated carbocycles. The van der Waals surface area contributed by atoms with Gasteiger partial charge in [0.15, 0.2) is 0 Å². The first-order valence-electron chi connectivity index (χ1n) is 3.79. The summed E-state index contributed by atoms with van der Waals surface area (Å²) in [6.45, 7) is 0. The normalized spacial score (nSPS) is 11.9. The van der Waals surface area contributed by atoms with Gasteiger partial charge in [-0.1, -0.05) is 24.6 Å². The van der Waals surface area contributed by atoms with E-state index in [0.29, 0.717) is 0 Å². The van der Waals surface area contributed by atoms with Gasteiger partial charge in [0.1, 0.15) is 0 Å². The van der Waals surface area contributed by atoms with Crippen molar-refractivity contribution < 1.29 is 50.7 Å². The molecule has 0 amide bonds. The molecule has 14 heavy (non-hydrogen) atoms. The summed E-state index contributed by atoms with van der Waals surface area (Å²) in [5.41, 5.74) is 2.49. The van der Waals surface area contributed by atoms with E-state index in [4.69, 9.17) is 0 Å². The van der Waals surface area contributed by atoms with Gasteiger partial charge in [0.05, 0.1) is 0 Å². The van der Waals surface area contributed by atoms with E-state index < -0.39 is 0 Å². The van der Waals surface area contributed by atoms with Crippen LogP contribution in [0.2, 0.25) is 0 Å². The van der Waals surface area contributed by atoms with E-state index in [-0.39, 0.29) is 50.7 Å². The van der Waals surface area contributed by atoms with Crippen LogP contribution in [0.3, 0.4) is 0 Å². The smallest absolute Gasteiger partial charge is 0 e. The number of hydrogen-bond acceptors (Lipinski definition) is 0. The van der Waals surface area contributed by atoms with Crippen molar-refractivity contribution in [2.75, 3.05) is 0 Å². The zero-order chi connectivity index (χ0) is 7.52. The molecule has 0 bridgehead atoms. The summed E-state index contributed by atoms with van der Waals surface area (Å²) in [6, 6.07) is 10.4. The predicted octanol–water partition coefficient (Wildman–Crippen LogP) is -3.16. The molecule has 0 N–H and O–H groups in total. The molecule has 0 heterocycles. The van der Waals surface area contributed by atoms with Crippen LogP contribution in [0, 0.1) is 6.08 Å². The van der Waals surface area contributed by atoms with E-state index >= 15 is 0 Å². The summed E-state index contributed by atoms with van der Waals surface area (Å²) in [6.07, 6.45) is 8.49. The van der Waals surface area contributed by atoms with Crippen LogP contribution in [0.4, 0.5) is 0 Å². The Morgan fingerprint density at radius 1 is 1.00 bits per heavy atom. The van der Waals surface area contributed by atoms with Crippen molar-refractivity contribution in [3.63, 3.8) is 0 Å². The minimum atomic E-state index is 0. The number of rotatable bonds is 1. The predicted molar refractivity (Wildman–Crippen MR) is 46.8 cm³/mol. The molecule has 1 aromatic carbocycles. The molecule has 3 heteroatoms. The fraction of sp³-hybridized carbons (Fsp3) is 0.0909. The summed E-state index contributed by atoms with van der Waals surface area (Å²) in [5, 5.41) is 0. The third kappa shape index (κ3) is 4.12. The first kappa shape index (κ1) is 16.6. The molecule has 74 valence electrons. The molecular formula is C11H9Cl2Hf-3. The van der Waals surface area contributed by atoms with Crippen LogP contribution >= 0.6 is 0 Å². The molecule has 1 aliphatic rings. The van der Waals surface area contributed by atoms with Crippen LogP contribution in [0.5, 0.6) is 0 Å². The molecule has 1 aliphatic carbocycles. The molecule has 0 radical (unpaired) electrons. The maximum atomic E-state index is 3.28. The van der Waals surface area contributed by atoms with Crippen molar-refractivity contribution in [2.45, 2.75) is 6.42 Å². The molecular weight excluding hydrogens is 382 g/mol. The summed E-state index contributed by atoms with van der Waals surface area (Å²) in [7, 11) is 0. The van der Waals surface area contributed by atoms with Crippen molar-refractivity contribution in [3.8, 4) is 0 Å². The molecule has 0 spiro atoms. The Morgan fingerprint density at radius 2 is 1.64 bits per heavy atom. The fourth-order valence-electron chi connectivity index (χ4n) is 1.22. The molecule has 1 aromatic rings. The quantitative estimate of drug-likeness (QED) is 0.351. The van der Waals surface area contributed by atoms with Gasteiger partial charge in [-0.15, -0.1) is 23.8 Å². The zero-order valence-electron chi connectivity index (χ0n) is 7.50. The Hall–Kier alpha value is 0.150. The largest absolute Gasteiger partial charge is 1.00 e. The van der Waals surface area contributed by atoms with E-state index in [1.807, 2.05) is 6.07 Å². The van der Waals surface area contributed by atoms with Crippen molar-refractivity contribution >= 4 is 5.57 Å². The topological polar surface area (TPSA) is 0 Å². The van der Waals surface area contributed by atoms with Gasteiger partial charge < -0.3 is 24.8 Å². The Kier molecular flexibility index (Phi) is 10.0. The Bertz CT molecular complexity index is 304. The van der Waals surface area contributed by atoms with Gasteiger partial charge in [-0.05, 0) is 0 Å². The molecule has 0 fully saturated rings. The van der Waals surface area contributed by atoms with Crippen LogP contribution in [0.1, 0.15) is 12.0 Å². The molecule has 0 aliphatic heterocycles. The van der Waals surface area contributed by atoms with Gasteiger partial charge in [-0.2, -0.15) is 17.7 Å². The van der Waals surface area contributed by atoms with E-state index in [9.17, 15) is 0 Å². The van der Waals surface area contributed by atoms with Crippen LogP contribution < -0.4 is 24.8 Å². The summed E-state index contributed by atoms with van der Waals surface area (Å²) < 4.78 is 0. The second-order valence-corrected chi connectivity index (χ2v) is 2.56. The minimum Gasteiger partial charge on any atom is -1.00 e. The van der Waals surface area contributed by atoms with E-state index in [0.717, 1.165) is 6.42 Å². The minimum absolute atomic E-state index is 0. The molecule has 0 unspecified atom stereocenters. The van der Waals surface area contributed by atoms with E-state index in [1.165, 1.54) is 11.1 Å². The van der Waals surface area contributed by atoms with Gasteiger partial charge >= 0.3 is 0 Å². The first-order valence-corrected chi connectivity index (χ1v) is 3.79. The van der Waals surface area contributed by atoms with Gasteiger partial charge in [0.2, 0.25) is 0 Å². The van der Waals surface area contributed by atoms with E-state index in [2.05, 4.69) is 42.5 Å². The Labute approximate surface area is 116 Å². The SMILES string of the molecule is [C-]1=C(c2ccccc2)C=CC1.[Cl-].[Cl-].[Hf]. The number of hydrogen-bond donors (Lipinski definition) is 0. The monoisotopic (exact) mass is 391 g/mol. The van der Waals surface area contributed by atoms with Crippen LogP contribution in [-0.4, -0.2) is 0 Å². The standard InChI is InChI=1S/C11H9.2ClH.Hf/c1-2-6-10(7-3-1)11-8-4-5-9-11;;;/h1-4,6-8H,5H2;2*1H;/q-1;;;/p-2. The molecule has 0 saturated heterocycles. The third-order valence-electron chi connectivity index (χ3n) is 1.78. The number of halogens is 2. The van der Waals surface area contributed by atoms with Crippen molar-refractivity contribution in [3.05, 3.63) is 54.1 Å². The summed E-state index contributed by atoms with van der Waals surface area (Å²) in [5.74, 6) is 0. The second kappa shape index (κ2) is 8.46. The summed E-state index contributed by atoms with van der Waals surface area (Å²) >= 11 is 0. The van der Waals surface area contributed by atoms with Crippen LogP contribution in [0.25, 0.3) is 5.57 Å².